The van der Waals surface area contributed by atoms with Gasteiger partial charge in [0.05, 0.1) is 40.9 Å². The molecular formula is C37H49N3O8S. The second-order valence-electron chi connectivity index (χ2n) is 13.1. The number of carbonyl (C=O) groups excluding carboxylic acids is 1. The maximum atomic E-state index is 14.4. The summed E-state index contributed by atoms with van der Waals surface area (Å²) in [7, 11) is -1.96. The van der Waals surface area contributed by atoms with Gasteiger partial charge in [0.2, 0.25) is 0 Å². The van der Waals surface area contributed by atoms with E-state index < -0.39 is 27.9 Å². The molecule has 1 aliphatic heterocycles. The minimum Gasteiger partial charge on any atom is -0.490 e. The van der Waals surface area contributed by atoms with Crippen molar-refractivity contribution in [1.82, 2.24) is 9.80 Å². The van der Waals surface area contributed by atoms with Crippen molar-refractivity contribution in [3.05, 3.63) is 89.0 Å². The number of nitrogens with zero attached hydrogens (tertiary/aromatic N) is 2. The van der Waals surface area contributed by atoms with Crippen LogP contribution in [0.15, 0.2) is 71.6 Å². The lowest BCUT2D eigenvalue weighted by molar-refractivity contribution is -0.0177. The number of benzene rings is 3. The smallest absolute Gasteiger partial charge is 0.335 e. The number of hydrogen-bond acceptors (Lipinski definition) is 8. The van der Waals surface area contributed by atoms with Gasteiger partial charge in [0.15, 0.2) is 0 Å². The lowest BCUT2D eigenvalue weighted by Crippen LogP contribution is -2.47. The fraction of sp³-hybridized carbons (Fsp3) is 0.459. The molecule has 3 aromatic carbocycles. The molecule has 266 valence electrons. The highest BCUT2D eigenvalue weighted by atomic mass is 32.2. The second kappa shape index (κ2) is 17.1. The summed E-state index contributed by atoms with van der Waals surface area (Å²) in [4.78, 5) is 29.5. The van der Waals surface area contributed by atoms with E-state index in [-0.39, 0.29) is 53.0 Å². The molecule has 0 aromatic heterocycles. The number of likely N-dealkylation sites (N-methyl/N-ethyl adjacent to an activating group) is 1. The van der Waals surface area contributed by atoms with Gasteiger partial charge in [-0.2, -0.15) is 0 Å². The van der Waals surface area contributed by atoms with Crippen LogP contribution >= 0.6 is 0 Å². The molecule has 3 aromatic rings. The lowest BCUT2D eigenvalue weighted by Gasteiger charge is -2.36. The van der Waals surface area contributed by atoms with Gasteiger partial charge in [-0.25, -0.2) is 13.2 Å². The van der Waals surface area contributed by atoms with E-state index in [1.807, 2.05) is 27.8 Å². The Morgan fingerprint density at radius 3 is 2.41 bits per heavy atom. The first kappa shape index (κ1) is 37.8. The number of carboxylic acids is 1. The molecule has 1 heterocycles. The normalized spacial score (nSPS) is 20.2. The molecule has 0 saturated carbocycles. The van der Waals surface area contributed by atoms with Crippen LogP contribution in [0.2, 0.25) is 0 Å². The zero-order chi connectivity index (χ0) is 35.7. The van der Waals surface area contributed by atoms with Crippen LogP contribution in [0.3, 0.4) is 0 Å². The van der Waals surface area contributed by atoms with Crippen molar-refractivity contribution in [2.45, 2.75) is 76.6 Å². The lowest BCUT2D eigenvalue weighted by atomic mass is 10.0. The van der Waals surface area contributed by atoms with Crippen LogP contribution in [-0.2, 0) is 21.3 Å². The minimum atomic E-state index is -3.93. The number of carbonyl (C=O) groups is 2. The molecule has 0 fully saturated rings. The molecule has 12 heteroatoms. The first-order chi connectivity index (χ1) is 23.3. The van der Waals surface area contributed by atoms with E-state index in [0.717, 1.165) is 30.4 Å². The predicted octanol–water partition coefficient (Wildman–Crippen LogP) is 5.42. The largest absolute Gasteiger partial charge is 0.490 e. The summed E-state index contributed by atoms with van der Waals surface area (Å²) in [6.07, 6.45) is 1.91. The SMILES string of the molecule is Cc1ccc(S(=O)(=O)Nc2ccc3c(c2)C(=O)N([C@H](C)CO)C[C@@H](C)[C@H](CN(C)Cc2ccc(C(=O)O)cc2)OCCCC[C@@H](C)O3)cc1. The Morgan fingerprint density at radius 2 is 1.76 bits per heavy atom. The highest BCUT2D eigenvalue weighted by molar-refractivity contribution is 7.92. The van der Waals surface area contributed by atoms with Crippen molar-refractivity contribution in [2.75, 3.05) is 38.1 Å². The number of aromatic carboxylic acids is 1. The van der Waals surface area contributed by atoms with Gasteiger partial charge in [0, 0.05) is 37.8 Å². The minimum absolute atomic E-state index is 0.104. The van der Waals surface area contributed by atoms with Crippen molar-refractivity contribution in [1.29, 1.82) is 0 Å². The average Bonchev–Trinajstić information content (AvgIpc) is 3.06. The van der Waals surface area contributed by atoms with E-state index >= 15 is 0 Å². The molecule has 0 saturated heterocycles. The number of hydrogen-bond donors (Lipinski definition) is 3. The predicted molar refractivity (Wildman–Crippen MR) is 189 cm³/mol. The fourth-order valence-corrected chi connectivity index (χ4v) is 6.87. The molecule has 11 nitrogen and oxygen atoms in total. The third-order valence-electron chi connectivity index (χ3n) is 8.78. The number of rotatable bonds is 10. The molecule has 0 bridgehead atoms. The van der Waals surface area contributed by atoms with Gasteiger partial charge in [-0.15, -0.1) is 0 Å². The number of aryl methyl sites for hydroxylation is 1. The second-order valence-corrected chi connectivity index (χ2v) is 14.8. The third-order valence-corrected chi connectivity index (χ3v) is 10.2. The number of amides is 1. The van der Waals surface area contributed by atoms with Crippen LogP contribution in [0.1, 0.15) is 71.9 Å². The maximum Gasteiger partial charge on any atom is 0.335 e. The fourth-order valence-electron chi connectivity index (χ4n) is 5.82. The molecule has 0 radical (unpaired) electrons. The van der Waals surface area contributed by atoms with Crippen LogP contribution in [-0.4, -0.2) is 91.9 Å². The average molecular weight is 696 g/mol. The van der Waals surface area contributed by atoms with Crippen LogP contribution in [0.5, 0.6) is 5.75 Å². The van der Waals surface area contributed by atoms with Crippen molar-refractivity contribution >= 4 is 27.6 Å². The first-order valence-corrected chi connectivity index (χ1v) is 18.2. The monoisotopic (exact) mass is 695 g/mol. The van der Waals surface area contributed by atoms with Crippen LogP contribution in [0.25, 0.3) is 0 Å². The molecular weight excluding hydrogens is 646 g/mol. The number of anilines is 1. The number of nitrogens with one attached hydrogen (secondary N) is 1. The van der Waals surface area contributed by atoms with E-state index in [9.17, 15) is 28.2 Å². The summed E-state index contributed by atoms with van der Waals surface area (Å²) in [5.41, 5.74) is 2.54. The number of ether oxygens (including phenoxy) is 2. The van der Waals surface area contributed by atoms with Crippen molar-refractivity contribution in [3.63, 3.8) is 0 Å². The first-order valence-electron chi connectivity index (χ1n) is 16.7. The molecule has 4 atom stereocenters. The van der Waals surface area contributed by atoms with Crippen molar-refractivity contribution in [3.8, 4) is 5.75 Å². The molecule has 1 amide bonds. The molecule has 0 spiro atoms. The van der Waals surface area contributed by atoms with Crippen LogP contribution in [0, 0.1) is 12.8 Å². The Hall–Kier alpha value is -3.97. The maximum absolute atomic E-state index is 14.4. The van der Waals surface area contributed by atoms with Crippen molar-refractivity contribution < 1.29 is 37.7 Å². The van der Waals surface area contributed by atoms with E-state index in [2.05, 4.69) is 9.62 Å². The van der Waals surface area contributed by atoms with Crippen molar-refractivity contribution in [2.24, 2.45) is 5.92 Å². The molecule has 0 unspecified atom stereocenters. The molecule has 0 aliphatic carbocycles. The van der Waals surface area contributed by atoms with Gasteiger partial charge in [-0.1, -0.05) is 36.8 Å². The quantitative estimate of drug-likeness (QED) is 0.253. The summed E-state index contributed by atoms with van der Waals surface area (Å²) >= 11 is 0. The topological polar surface area (TPSA) is 146 Å². The Balaban J connectivity index is 1.62. The van der Waals surface area contributed by atoms with Gasteiger partial charge < -0.3 is 24.6 Å². The third kappa shape index (κ3) is 10.5. The van der Waals surface area contributed by atoms with Gasteiger partial charge in [-0.05, 0) is 95.1 Å². The molecule has 1 aliphatic rings. The number of aliphatic hydroxyl groups is 1. The van der Waals surface area contributed by atoms with Crippen LogP contribution < -0.4 is 9.46 Å². The summed E-state index contributed by atoms with van der Waals surface area (Å²) < 4.78 is 41.8. The zero-order valence-electron chi connectivity index (χ0n) is 29.0. The van der Waals surface area contributed by atoms with Gasteiger partial charge >= 0.3 is 5.97 Å². The Morgan fingerprint density at radius 1 is 1.06 bits per heavy atom. The molecule has 4 rings (SSSR count). The summed E-state index contributed by atoms with van der Waals surface area (Å²) in [5, 5.41) is 19.5. The Kier molecular flexibility index (Phi) is 13.2. The number of aliphatic hydroxyl groups excluding tert-OH is 1. The highest BCUT2D eigenvalue weighted by Crippen LogP contribution is 2.29. The summed E-state index contributed by atoms with van der Waals surface area (Å²) in [5.74, 6) is -1.17. The number of fused-ring (bicyclic) bond motifs is 1. The number of sulfonamides is 1. The zero-order valence-corrected chi connectivity index (χ0v) is 29.8. The standard InChI is InChI=1S/C37H49N3O8S/c1-25-9-16-32(17-10-25)49(45,46)38-31-15-18-34-33(20-31)36(42)40(27(3)24-41)21-26(2)35(47-19-7-6-8-28(4)48-34)23-39(5)22-29-11-13-30(14-12-29)37(43)44/h9-18,20,26-28,35,38,41H,6-8,19,21-24H2,1-5H3,(H,43,44)/t26-,27-,28-,35+/m1/s1. The van der Waals surface area contributed by atoms with Gasteiger partial charge in [-0.3, -0.25) is 14.4 Å². The van der Waals surface area contributed by atoms with Crippen LogP contribution in [0.4, 0.5) is 5.69 Å². The summed E-state index contributed by atoms with van der Waals surface area (Å²) in [6, 6.07) is 17.5. The highest BCUT2D eigenvalue weighted by Gasteiger charge is 2.31. The van der Waals surface area contributed by atoms with E-state index in [1.54, 1.807) is 60.4 Å². The Labute approximate surface area is 289 Å². The van der Waals surface area contributed by atoms with E-state index in [4.69, 9.17) is 9.47 Å². The molecule has 49 heavy (non-hydrogen) atoms. The van der Waals surface area contributed by atoms with E-state index in [1.165, 1.54) is 18.2 Å². The summed E-state index contributed by atoms with van der Waals surface area (Å²) in [6.45, 7) is 9.25. The van der Waals surface area contributed by atoms with Gasteiger partial charge in [0.1, 0.15) is 5.75 Å². The van der Waals surface area contributed by atoms with Gasteiger partial charge in [0.25, 0.3) is 15.9 Å². The molecule has 3 N–H and O–H groups in total. The number of carboxylic acid groups (broad SMARTS) is 1. The van der Waals surface area contributed by atoms with E-state index in [0.29, 0.717) is 25.4 Å². The Bertz CT molecular complexity index is 1660.